The maximum absolute atomic E-state index is 10.8. The molecule has 0 unspecified atom stereocenters. The molecule has 0 aromatic heterocycles. The summed E-state index contributed by atoms with van der Waals surface area (Å²) in [4.78, 5) is 10.4. The minimum atomic E-state index is -0.401. The Morgan fingerprint density at radius 2 is 1.61 bits per heavy atom. The third-order valence-corrected chi connectivity index (χ3v) is 3.49. The summed E-state index contributed by atoms with van der Waals surface area (Å²) >= 11 is 0. The Hall–Kier alpha value is -3.14. The van der Waals surface area contributed by atoms with E-state index in [0.29, 0.717) is 0 Å². The van der Waals surface area contributed by atoms with Gasteiger partial charge in [0.15, 0.2) is 0 Å². The quantitative estimate of drug-likeness (QED) is 0.500. The van der Waals surface area contributed by atoms with E-state index in [4.69, 9.17) is 4.74 Å². The number of non-ortho nitro benzene ring substituents is 1. The topological polar surface area (TPSA) is 52.4 Å². The second-order valence-corrected chi connectivity index (χ2v) is 5.08. The first-order chi connectivity index (χ1) is 11.2. The van der Waals surface area contributed by atoms with Crippen LogP contribution in [0.15, 0.2) is 78.9 Å². The molecular weight excluding hydrogens is 290 g/mol. The summed E-state index contributed by atoms with van der Waals surface area (Å²) in [6.07, 6.45) is 0. The van der Waals surface area contributed by atoms with E-state index < -0.39 is 4.92 Å². The van der Waals surface area contributed by atoms with E-state index >= 15 is 0 Å². The maximum Gasteiger partial charge on any atom is 0.269 e. The van der Waals surface area contributed by atoms with Crippen LogP contribution < -0.4 is 4.74 Å². The molecule has 0 bridgehead atoms. The van der Waals surface area contributed by atoms with Crippen LogP contribution in [0.1, 0.15) is 5.56 Å². The third kappa shape index (κ3) is 3.55. The van der Waals surface area contributed by atoms with Gasteiger partial charge in [0.05, 0.1) is 4.92 Å². The fourth-order valence-corrected chi connectivity index (χ4v) is 2.37. The molecule has 0 aliphatic carbocycles. The van der Waals surface area contributed by atoms with Crippen molar-refractivity contribution in [2.75, 3.05) is 0 Å². The van der Waals surface area contributed by atoms with Gasteiger partial charge in [-0.15, -0.1) is 0 Å². The Balaban J connectivity index is 1.82. The number of hydrogen-bond acceptors (Lipinski definition) is 3. The zero-order chi connectivity index (χ0) is 16.1. The largest absolute Gasteiger partial charge is 0.488 e. The molecule has 23 heavy (non-hydrogen) atoms. The van der Waals surface area contributed by atoms with Crippen LogP contribution in [0, 0.1) is 10.1 Å². The number of rotatable bonds is 5. The highest BCUT2D eigenvalue weighted by Gasteiger charge is 2.08. The SMILES string of the molecule is O=[N+]([O-])c1cccc(COc2ccccc2-c2ccccc2)c1. The Bertz CT molecular complexity index is 816. The second-order valence-electron chi connectivity index (χ2n) is 5.08. The second kappa shape index (κ2) is 6.75. The molecule has 0 spiro atoms. The number of hydrogen-bond donors (Lipinski definition) is 0. The summed E-state index contributed by atoms with van der Waals surface area (Å²) in [5.41, 5.74) is 2.91. The number of ether oxygens (including phenoxy) is 1. The van der Waals surface area contributed by atoms with Gasteiger partial charge in [-0.25, -0.2) is 0 Å². The summed E-state index contributed by atoms with van der Waals surface area (Å²) in [5.74, 6) is 0.755. The predicted octanol–water partition coefficient (Wildman–Crippen LogP) is 4.84. The van der Waals surface area contributed by atoms with Crippen molar-refractivity contribution in [2.45, 2.75) is 6.61 Å². The van der Waals surface area contributed by atoms with Crippen LogP contribution in [0.4, 0.5) is 5.69 Å². The van der Waals surface area contributed by atoms with Gasteiger partial charge in [-0.05, 0) is 17.2 Å². The van der Waals surface area contributed by atoms with E-state index in [1.165, 1.54) is 12.1 Å². The number of nitro benzene ring substituents is 1. The van der Waals surface area contributed by atoms with E-state index in [1.807, 2.05) is 60.7 Å². The molecule has 3 aromatic rings. The van der Waals surface area contributed by atoms with Gasteiger partial charge in [0.25, 0.3) is 5.69 Å². The molecule has 0 heterocycles. The zero-order valence-corrected chi connectivity index (χ0v) is 12.4. The Kier molecular flexibility index (Phi) is 4.34. The highest BCUT2D eigenvalue weighted by atomic mass is 16.6. The molecule has 3 aromatic carbocycles. The van der Waals surface area contributed by atoms with Crippen LogP contribution in [0.25, 0.3) is 11.1 Å². The number of nitro groups is 1. The minimum Gasteiger partial charge on any atom is -0.488 e. The molecule has 0 aliphatic heterocycles. The molecule has 0 saturated heterocycles. The van der Waals surface area contributed by atoms with Gasteiger partial charge in [-0.3, -0.25) is 10.1 Å². The van der Waals surface area contributed by atoms with E-state index in [0.717, 1.165) is 22.4 Å². The molecular formula is C19H15NO3. The van der Waals surface area contributed by atoms with E-state index in [9.17, 15) is 10.1 Å². The molecule has 0 saturated carbocycles. The van der Waals surface area contributed by atoms with Crippen LogP contribution in [-0.4, -0.2) is 4.92 Å². The number of para-hydroxylation sites is 1. The van der Waals surface area contributed by atoms with Crippen molar-refractivity contribution in [3.63, 3.8) is 0 Å². The normalized spacial score (nSPS) is 10.3. The van der Waals surface area contributed by atoms with Crippen molar-refractivity contribution in [3.8, 4) is 16.9 Å². The summed E-state index contributed by atoms with van der Waals surface area (Å²) in [5, 5.41) is 10.8. The van der Waals surface area contributed by atoms with Gasteiger partial charge in [-0.1, -0.05) is 60.7 Å². The molecule has 4 nitrogen and oxygen atoms in total. The lowest BCUT2D eigenvalue weighted by Gasteiger charge is -2.11. The highest BCUT2D eigenvalue weighted by molar-refractivity contribution is 5.70. The van der Waals surface area contributed by atoms with Gasteiger partial charge in [0.1, 0.15) is 12.4 Å². The smallest absolute Gasteiger partial charge is 0.269 e. The first kappa shape index (κ1) is 14.8. The monoisotopic (exact) mass is 305 g/mol. The highest BCUT2D eigenvalue weighted by Crippen LogP contribution is 2.30. The lowest BCUT2D eigenvalue weighted by atomic mass is 10.0. The van der Waals surface area contributed by atoms with Crippen molar-refractivity contribution in [2.24, 2.45) is 0 Å². The molecule has 0 fully saturated rings. The van der Waals surface area contributed by atoms with Crippen LogP contribution in [0.5, 0.6) is 5.75 Å². The maximum atomic E-state index is 10.8. The van der Waals surface area contributed by atoms with E-state index in [2.05, 4.69) is 0 Å². The van der Waals surface area contributed by atoms with Crippen molar-refractivity contribution in [1.82, 2.24) is 0 Å². The van der Waals surface area contributed by atoms with Crippen LogP contribution in [-0.2, 0) is 6.61 Å². The fraction of sp³-hybridized carbons (Fsp3) is 0.0526. The molecule has 114 valence electrons. The van der Waals surface area contributed by atoms with Crippen molar-refractivity contribution in [1.29, 1.82) is 0 Å². The Morgan fingerprint density at radius 1 is 0.870 bits per heavy atom. The first-order valence-corrected chi connectivity index (χ1v) is 7.24. The number of nitrogens with zero attached hydrogens (tertiary/aromatic N) is 1. The van der Waals surface area contributed by atoms with Gasteiger partial charge >= 0.3 is 0 Å². The summed E-state index contributed by atoms with van der Waals surface area (Å²) in [6, 6.07) is 24.2. The van der Waals surface area contributed by atoms with Gasteiger partial charge in [-0.2, -0.15) is 0 Å². The van der Waals surface area contributed by atoms with Gasteiger partial charge in [0, 0.05) is 17.7 Å². The molecule has 0 N–H and O–H groups in total. The summed E-state index contributed by atoms with van der Waals surface area (Å²) in [6.45, 7) is 0.283. The Morgan fingerprint density at radius 3 is 2.39 bits per heavy atom. The average Bonchev–Trinajstić information content (AvgIpc) is 2.61. The van der Waals surface area contributed by atoms with Crippen LogP contribution in [0.3, 0.4) is 0 Å². The van der Waals surface area contributed by atoms with E-state index in [1.54, 1.807) is 6.07 Å². The number of benzene rings is 3. The van der Waals surface area contributed by atoms with Gasteiger partial charge < -0.3 is 4.74 Å². The summed E-state index contributed by atoms with van der Waals surface area (Å²) < 4.78 is 5.89. The van der Waals surface area contributed by atoms with Crippen LogP contribution >= 0.6 is 0 Å². The van der Waals surface area contributed by atoms with Crippen LogP contribution in [0.2, 0.25) is 0 Å². The molecule has 3 rings (SSSR count). The fourth-order valence-electron chi connectivity index (χ4n) is 2.37. The zero-order valence-electron chi connectivity index (χ0n) is 12.4. The van der Waals surface area contributed by atoms with Crippen molar-refractivity contribution < 1.29 is 9.66 Å². The lowest BCUT2D eigenvalue weighted by molar-refractivity contribution is -0.384. The third-order valence-electron chi connectivity index (χ3n) is 3.49. The minimum absolute atomic E-state index is 0.0717. The average molecular weight is 305 g/mol. The van der Waals surface area contributed by atoms with Crippen molar-refractivity contribution in [3.05, 3.63) is 94.5 Å². The summed E-state index contributed by atoms with van der Waals surface area (Å²) in [7, 11) is 0. The van der Waals surface area contributed by atoms with E-state index in [-0.39, 0.29) is 12.3 Å². The molecule has 0 amide bonds. The Labute approximate surface area is 134 Å². The lowest BCUT2D eigenvalue weighted by Crippen LogP contribution is -1.98. The van der Waals surface area contributed by atoms with Gasteiger partial charge in [0.2, 0.25) is 0 Å². The first-order valence-electron chi connectivity index (χ1n) is 7.24. The van der Waals surface area contributed by atoms with Crippen molar-refractivity contribution >= 4 is 5.69 Å². The molecule has 0 aliphatic rings. The molecule has 4 heteroatoms. The molecule has 0 atom stereocenters. The molecule has 0 radical (unpaired) electrons. The standard InChI is InChI=1S/C19H15NO3/c21-20(22)17-10-6-7-15(13-17)14-23-19-12-5-4-11-18(19)16-8-2-1-3-9-16/h1-13H,14H2. The predicted molar refractivity (Wildman–Crippen MR) is 89.3 cm³/mol.